The minimum absolute atomic E-state index is 0.0775. The Balaban J connectivity index is 1.67. The zero-order chi connectivity index (χ0) is 24.9. The molecular formula is C28H30N4O3. The number of carboxylic acid groups (broad SMARTS) is 1. The third kappa shape index (κ3) is 5.40. The van der Waals surface area contributed by atoms with Gasteiger partial charge < -0.3 is 15.0 Å². The Bertz CT molecular complexity index is 1360. The van der Waals surface area contributed by atoms with Crippen LogP contribution in [0.4, 0.5) is 5.82 Å². The predicted molar refractivity (Wildman–Crippen MR) is 138 cm³/mol. The fraction of sp³-hybridized carbons (Fsp3) is 0.286. The average molecular weight is 471 g/mol. The van der Waals surface area contributed by atoms with E-state index < -0.39 is 5.97 Å². The Morgan fingerprint density at radius 3 is 2.43 bits per heavy atom. The molecule has 0 unspecified atom stereocenters. The summed E-state index contributed by atoms with van der Waals surface area (Å²) < 4.78 is 2.11. The summed E-state index contributed by atoms with van der Waals surface area (Å²) >= 11 is 0. The lowest BCUT2D eigenvalue weighted by molar-refractivity contribution is -0.118. The van der Waals surface area contributed by atoms with Gasteiger partial charge in [-0.15, -0.1) is 0 Å². The van der Waals surface area contributed by atoms with Gasteiger partial charge in [0, 0.05) is 12.3 Å². The molecule has 0 bridgehead atoms. The zero-order valence-electron chi connectivity index (χ0n) is 20.3. The first-order valence-electron chi connectivity index (χ1n) is 12.0. The third-order valence-electron chi connectivity index (χ3n) is 5.96. The molecule has 0 saturated heterocycles. The number of carboxylic acids is 1. The van der Waals surface area contributed by atoms with Crippen LogP contribution in [-0.4, -0.2) is 31.5 Å². The van der Waals surface area contributed by atoms with Crippen molar-refractivity contribution < 1.29 is 14.7 Å². The number of benzene rings is 2. The summed E-state index contributed by atoms with van der Waals surface area (Å²) in [6.07, 6.45) is 2.92. The van der Waals surface area contributed by atoms with Crippen LogP contribution in [0.15, 0.2) is 60.7 Å². The number of aromatic nitrogens is 3. The van der Waals surface area contributed by atoms with Crippen LogP contribution in [-0.2, 0) is 17.8 Å². The molecule has 0 aliphatic heterocycles. The third-order valence-corrected chi connectivity index (χ3v) is 5.96. The van der Waals surface area contributed by atoms with E-state index in [1.165, 1.54) is 0 Å². The number of unbranched alkanes of at least 4 members (excludes halogenated alkanes) is 1. The van der Waals surface area contributed by atoms with E-state index in [1.807, 2.05) is 56.3 Å². The lowest BCUT2D eigenvalue weighted by atomic mass is 9.99. The molecule has 0 atom stereocenters. The maximum atomic E-state index is 12.2. The molecular weight excluding hydrogens is 440 g/mol. The van der Waals surface area contributed by atoms with Crippen molar-refractivity contribution in [2.45, 2.75) is 46.6 Å². The van der Waals surface area contributed by atoms with Gasteiger partial charge in [-0.05, 0) is 41.3 Å². The van der Waals surface area contributed by atoms with Crippen molar-refractivity contribution in [3.8, 4) is 11.1 Å². The fourth-order valence-electron chi connectivity index (χ4n) is 3.97. The molecule has 4 rings (SSSR count). The maximum Gasteiger partial charge on any atom is 0.336 e. The van der Waals surface area contributed by atoms with Crippen molar-refractivity contribution in [3.05, 3.63) is 77.6 Å². The van der Waals surface area contributed by atoms with Crippen LogP contribution in [0.3, 0.4) is 0 Å². The Kier molecular flexibility index (Phi) is 7.25. The SMILES string of the molecule is CCCCc1nc2ccc(NC(=O)C(C)C)nc2n1Cc1ccc(-c2ccccc2C(=O)O)cc1. The van der Waals surface area contributed by atoms with E-state index in [0.29, 0.717) is 17.9 Å². The molecule has 1 amide bonds. The zero-order valence-corrected chi connectivity index (χ0v) is 20.3. The number of carbonyl (C=O) groups excluding carboxylic acids is 1. The summed E-state index contributed by atoms with van der Waals surface area (Å²) in [5, 5.41) is 12.4. The maximum absolute atomic E-state index is 12.2. The van der Waals surface area contributed by atoms with Gasteiger partial charge >= 0.3 is 5.97 Å². The van der Waals surface area contributed by atoms with Crippen LogP contribution in [0, 0.1) is 5.92 Å². The van der Waals surface area contributed by atoms with Gasteiger partial charge in [-0.2, -0.15) is 0 Å². The smallest absolute Gasteiger partial charge is 0.336 e. The molecule has 35 heavy (non-hydrogen) atoms. The number of pyridine rings is 1. The Labute approximate surface area is 204 Å². The molecule has 0 aliphatic carbocycles. The van der Waals surface area contributed by atoms with Crippen LogP contribution in [0.2, 0.25) is 0 Å². The summed E-state index contributed by atoms with van der Waals surface area (Å²) in [5.41, 5.74) is 4.41. The van der Waals surface area contributed by atoms with E-state index in [4.69, 9.17) is 9.97 Å². The molecule has 0 fully saturated rings. The minimum Gasteiger partial charge on any atom is -0.478 e. The summed E-state index contributed by atoms with van der Waals surface area (Å²) in [4.78, 5) is 33.3. The van der Waals surface area contributed by atoms with Crippen molar-refractivity contribution in [1.82, 2.24) is 14.5 Å². The number of nitrogens with zero attached hydrogens (tertiary/aromatic N) is 3. The number of carbonyl (C=O) groups is 2. The van der Waals surface area contributed by atoms with Crippen molar-refractivity contribution >= 4 is 28.9 Å². The number of imidazole rings is 1. The van der Waals surface area contributed by atoms with Crippen molar-refractivity contribution in [1.29, 1.82) is 0 Å². The number of aryl methyl sites for hydroxylation is 1. The molecule has 4 aromatic rings. The number of nitrogens with one attached hydrogen (secondary N) is 1. The first-order chi connectivity index (χ1) is 16.9. The van der Waals surface area contributed by atoms with Crippen LogP contribution >= 0.6 is 0 Å². The van der Waals surface area contributed by atoms with Gasteiger partial charge in [0.15, 0.2) is 5.65 Å². The van der Waals surface area contributed by atoms with Crippen molar-refractivity contribution in [2.24, 2.45) is 5.92 Å². The molecule has 0 aliphatic rings. The first-order valence-corrected chi connectivity index (χ1v) is 12.0. The van der Waals surface area contributed by atoms with E-state index in [1.54, 1.807) is 18.2 Å². The van der Waals surface area contributed by atoms with Gasteiger partial charge in [0.05, 0.1) is 12.1 Å². The van der Waals surface area contributed by atoms with Gasteiger partial charge in [-0.3, -0.25) is 4.79 Å². The van der Waals surface area contributed by atoms with Gasteiger partial charge in [-0.25, -0.2) is 14.8 Å². The van der Waals surface area contributed by atoms with Crippen LogP contribution in [0.1, 0.15) is 55.4 Å². The quantitative estimate of drug-likeness (QED) is 0.323. The molecule has 0 saturated carbocycles. The topological polar surface area (TPSA) is 97.1 Å². The fourth-order valence-corrected chi connectivity index (χ4v) is 3.97. The predicted octanol–water partition coefficient (Wildman–Crippen LogP) is 5.78. The second kappa shape index (κ2) is 10.5. The van der Waals surface area contributed by atoms with Crippen LogP contribution in [0.25, 0.3) is 22.3 Å². The van der Waals surface area contributed by atoms with E-state index in [2.05, 4.69) is 16.8 Å². The molecule has 7 heteroatoms. The number of hydrogen-bond donors (Lipinski definition) is 2. The highest BCUT2D eigenvalue weighted by Crippen LogP contribution is 2.25. The second-order valence-corrected chi connectivity index (χ2v) is 8.95. The molecule has 180 valence electrons. The average Bonchev–Trinajstić information content (AvgIpc) is 3.19. The van der Waals surface area contributed by atoms with E-state index >= 15 is 0 Å². The number of rotatable bonds is 9. The molecule has 2 N–H and O–H groups in total. The first kappa shape index (κ1) is 24.1. The molecule has 2 aromatic heterocycles. The van der Waals surface area contributed by atoms with Gasteiger partial charge in [-0.1, -0.05) is 69.7 Å². The Hall–Kier alpha value is -4.00. The van der Waals surface area contributed by atoms with Gasteiger partial charge in [0.1, 0.15) is 17.2 Å². The summed E-state index contributed by atoms with van der Waals surface area (Å²) in [6, 6.07) is 18.6. The monoisotopic (exact) mass is 470 g/mol. The number of amides is 1. The number of hydrogen-bond acceptors (Lipinski definition) is 4. The highest BCUT2D eigenvalue weighted by atomic mass is 16.4. The van der Waals surface area contributed by atoms with E-state index in [9.17, 15) is 14.7 Å². The van der Waals surface area contributed by atoms with Crippen molar-refractivity contribution in [2.75, 3.05) is 5.32 Å². The highest BCUT2D eigenvalue weighted by Gasteiger charge is 2.16. The van der Waals surface area contributed by atoms with Crippen LogP contribution < -0.4 is 5.32 Å². The van der Waals surface area contributed by atoms with Crippen LogP contribution in [0.5, 0.6) is 0 Å². The summed E-state index contributed by atoms with van der Waals surface area (Å²) in [7, 11) is 0. The normalized spacial score (nSPS) is 11.2. The Morgan fingerprint density at radius 1 is 1.00 bits per heavy atom. The second-order valence-electron chi connectivity index (χ2n) is 8.95. The largest absolute Gasteiger partial charge is 0.478 e. The highest BCUT2D eigenvalue weighted by molar-refractivity contribution is 5.96. The lowest BCUT2D eigenvalue weighted by Gasteiger charge is -2.11. The van der Waals surface area contributed by atoms with Gasteiger partial charge in [0.2, 0.25) is 5.91 Å². The lowest BCUT2D eigenvalue weighted by Crippen LogP contribution is -2.18. The minimum atomic E-state index is -0.943. The number of fused-ring (bicyclic) bond motifs is 1. The van der Waals surface area contributed by atoms with Gasteiger partial charge in [0.25, 0.3) is 0 Å². The number of anilines is 1. The number of aromatic carboxylic acids is 1. The molecule has 2 aromatic carbocycles. The molecule has 0 spiro atoms. The molecule has 0 radical (unpaired) electrons. The van der Waals surface area contributed by atoms with E-state index in [-0.39, 0.29) is 17.4 Å². The summed E-state index contributed by atoms with van der Waals surface area (Å²) in [5.74, 6) is 0.317. The van der Waals surface area contributed by atoms with E-state index in [0.717, 1.165) is 47.4 Å². The molecule has 7 nitrogen and oxygen atoms in total. The molecule has 2 heterocycles. The Morgan fingerprint density at radius 2 is 1.74 bits per heavy atom. The summed E-state index contributed by atoms with van der Waals surface area (Å²) in [6.45, 7) is 6.42. The standard InChI is InChI=1S/C28H30N4O3/c1-4-5-10-25-29-23-15-16-24(31-27(33)18(2)3)30-26(23)32(25)17-19-11-13-20(14-12-19)21-8-6-7-9-22(21)28(34)35/h6-9,11-16,18H,4-5,10,17H2,1-3H3,(H,34,35)(H,30,31,33). The van der Waals surface area contributed by atoms with Crippen molar-refractivity contribution in [3.63, 3.8) is 0 Å².